The molecule has 4 nitrogen and oxygen atoms in total. The first kappa shape index (κ1) is 15.6. The SMILES string of the molecule is COc1ccc(OC)c(-c2ccc(C(C)=CC(=O)O)cc2)c1. The molecule has 2 rings (SSSR count). The fourth-order valence-electron chi connectivity index (χ4n) is 2.22. The van der Waals surface area contributed by atoms with Crippen LogP contribution in [0.1, 0.15) is 12.5 Å². The van der Waals surface area contributed by atoms with Gasteiger partial charge in [0.1, 0.15) is 11.5 Å². The molecule has 2 aromatic carbocycles. The zero-order valence-corrected chi connectivity index (χ0v) is 12.8. The molecule has 2 aromatic rings. The maximum absolute atomic E-state index is 10.7. The van der Waals surface area contributed by atoms with Crippen molar-refractivity contribution in [2.75, 3.05) is 14.2 Å². The van der Waals surface area contributed by atoms with Crippen LogP contribution in [0, 0.1) is 0 Å². The summed E-state index contributed by atoms with van der Waals surface area (Å²) in [4.78, 5) is 10.7. The van der Waals surface area contributed by atoms with Crippen LogP contribution in [0.15, 0.2) is 48.5 Å². The van der Waals surface area contributed by atoms with E-state index in [0.29, 0.717) is 5.57 Å². The Morgan fingerprint density at radius 3 is 2.27 bits per heavy atom. The minimum Gasteiger partial charge on any atom is -0.497 e. The summed E-state index contributed by atoms with van der Waals surface area (Å²) in [6.07, 6.45) is 1.20. The second kappa shape index (κ2) is 6.80. The summed E-state index contributed by atoms with van der Waals surface area (Å²) < 4.78 is 10.6. The van der Waals surface area contributed by atoms with Gasteiger partial charge in [0.25, 0.3) is 0 Å². The highest BCUT2D eigenvalue weighted by molar-refractivity contribution is 5.89. The molecular formula is C18H18O4. The lowest BCUT2D eigenvalue weighted by Gasteiger charge is -2.11. The summed E-state index contributed by atoms with van der Waals surface area (Å²) in [6.45, 7) is 1.77. The number of carboxylic acids is 1. The van der Waals surface area contributed by atoms with E-state index >= 15 is 0 Å². The van der Waals surface area contributed by atoms with Gasteiger partial charge in [0, 0.05) is 11.6 Å². The van der Waals surface area contributed by atoms with Gasteiger partial charge in [0.05, 0.1) is 14.2 Å². The van der Waals surface area contributed by atoms with Crippen LogP contribution in [0.5, 0.6) is 11.5 Å². The molecule has 0 amide bonds. The Morgan fingerprint density at radius 2 is 1.73 bits per heavy atom. The van der Waals surface area contributed by atoms with E-state index in [4.69, 9.17) is 14.6 Å². The summed E-state index contributed by atoms with van der Waals surface area (Å²) in [5.74, 6) is 0.559. The lowest BCUT2D eigenvalue weighted by molar-refractivity contribution is -0.131. The Morgan fingerprint density at radius 1 is 1.05 bits per heavy atom. The first-order valence-corrected chi connectivity index (χ1v) is 6.79. The van der Waals surface area contributed by atoms with E-state index in [9.17, 15) is 4.79 Å². The average Bonchev–Trinajstić information content (AvgIpc) is 2.53. The quantitative estimate of drug-likeness (QED) is 0.852. The van der Waals surface area contributed by atoms with Crippen LogP contribution in [0.3, 0.4) is 0 Å². The Balaban J connectivity index is 2.40. The van der Waals surface area contributed by atoms with Crippen LogP contribution in [-0.4, -0.2) is 25.3 Å². The van der Waals surface area contributed by atoms with Crippen molar-refractivity contribution < 1.29 is 19.4 Å². The summed E-state index contributed by atoms with van der Waals surface area (Å²) in [5, 5.41) is 8.80. The minimum absolute atomic E-state index is 0.705. The highest BCUT2D eigenvalue weighted by atomic mass is 16.5. The third-order valence-electron chi connectivity index (χ3n) is 3.40. The van der Waals surface area contributed by atoms with Gasteiger partial charge in [0.15, 0.2) is 0 Å². The second-order valence-corrected chi connectivity index (χ2v) is 4.81. The first-order chi connectivity index (χ1) is 10.5. The van der Waals surface area contributed by atoms with Crippen molar-refractivity contribution in [2.24, 2.45) is 0 Å². The van der Waals surface area contributed by atoms with Crippen LogP contribution in [0.25, 0.3) is 16.7 Å². The van der Waals surface area contributed by atoms with Gasteiger partial charge in [-0.05, 0) is 41.8 Å². The van der Waals surface area contributed by atoms with Gasteiger partial charge < -0.3 is 14.6 Å². The highest BCUT2D eigenvalue weighted by Crippen LogP contribution is 2.33. The van der Waals surface area contributed by atoms with E-state index < -0.39 is 5.97 Å². The van der Waals surface area contributed by atoms with Gasteiger partial charge in [0.2, 0.25) is 0 Å². The molecule has 0 saturated carbocycles. The number of hydrogen-bond donors (Lipinski definition) is 1. The fourth-order valence-corrected chi connectivity index (χ4v) is 2.22. The first-order valence-electron chi connectivity index (χ1n) is 6.79. The molecule has 22 heavy (non-hydrogen) atoms. The predicted molar refractivity (Wildman–Crippen MR) is 86.3 cm³/mol. The van der Waals surface area contributed by atoms with Crippen molar-refractivity contribution in [3.05, 3.63) is 54.1 Å². The molecule has 0 aliphatic carbocycles. The van der Waals surface area contributed by atoms with Gasteiger partial charge in [-0.1, -0.05) is 24.3 Å². The standard InChI is InChI=1S/C18H18O4/c1-12(10-18(19)20)13-4-6-14(7-5-13)16-11-15(21-2)8-9-17(16)22-3/h4-11H,1-3H3,(H,19,20). The summed E-state index contributed by atoms with van der Waals surface area (Å²) >= 11 is 0. The minimum atomic E-state index is -0.948. The molecular weight excluding hydrogens is 280 g/mol. The number of hydrogen-bond acceptors (Lipinski definition) is 3. The lowest BCUT2D eigenvalue weighted by Crippen LogP contribution is -1.92. The van der Waals surface area contributed by atoms with E-state index in [2.05, 4.69) is 0 Å². The van der Waals surface area contributed by atoms with E-state index in [1.54, 1.807) is 21.1 Å². The molecule has 0 aromatic heterocycles. The molecule has 0 aliphatic rings. The number of methoxy groups -OCH3 is 2. The summed E-state index contributed by atoms with van der Waals surface area (Å²) in [6, 6.07) is 13.3. The monoisotopic (exact) mass is 298 g/mol. The van der Waals surface area contributed by atoms with E-state index in [0.717, 1.165) is 28.2 Å². The molecule has 0 saturated heterocycles. The van der Waals surface area contributed by atoms with Gasteiger partial charge in [-0.15, -0.1) is 0 Å². The summed E-state index contributed by atoms with van der Waals surface area (Å²) in [7, 11) is 3.24. The Hall–Kier alpha value is -2.75. The zero-order valence-electron chi connectivity index (χ0n) is 12.8. The predicted octanol–water partition coefficient (Wildman–Crippen LogP) is 3.86. The third-order valence-corrected chi connectivity index (χ3v) is 3.40. The number of aliphatic carboxylic acids is 1. The number of rotatable bonds is 5. The molecule has 0 atom stereocenters. The van der Waals surface area contributed by atoms with E-state index in [1.807, 2.05) is 42.5 Å². The molecule has 0 aliphatic heterocycles. The van der Waals surface area contributed by atoms with Crippen molar-refractivity contribution in [3.8, 4) is 22.6 Å². The maximum Gasteiger partial charge on any atom is 0.328 e. The molecule has 0 bridgehead atoms. The average molecular weight is 298 g/mol. The highest BCUT2D eigenvalue weighted by Gasteiger charge is 2.08. The molecule has 0 radical (unpaired) electrons. The van der Waals surface area contributed by atoms with Crippen molar-refractivity contribution in [2.45, 2.75) is 6.92 Å². The van der Waals surface area contributed by atoms with Crippen molar-refractivity contribution in [1.29, 1.82) is 0 Å². The zero-order chi connectivity index (χ0) is 16.1. The van der Waals surface area contributed by atoms with Crippen LogP contribution in [0.2, 0.25) is 0 Å². The molecule has 4 heteroatoms. The Bertz CT molecular complexity index is 700. The van der Waals surface area contributed by atoms with Gasteiger partial charge in [-0.2, -0.15) is 0 Å². The summed E-state index contributed by atoms with van der Waals surface area (Å²) in [5.41, 5.74) is 3.47. The van der Waals surface area contributed by atoms with Crippen LogP contribution in [0.4, 0.5) is 0 Å². The van der Waals surface area contributed by atoms with Crippen LogP contribution < -0.4 is 9.47 Å². The fraction of sp³-hybridized carbons (Fsp3) is 0.167. The van der Waals surface area contributed by atoms with Gasteiger partial charge in [-0.25, -0.2) is 4.79 Å². The lowest BCUT2D eigenvalue weighted by atomic mass is 10.00. The van der Waals surface area contributed by atoms with Gasteiger partial charge >= 0.3 is 5.97 Å². The topological polar surface area (TPSA) is 55.8 Å². The van der Waals surface area contributed by atoms with Crippen LogP contribution in [-0.2, 0) is 4.79 Å². The Kier molecular flexibility index (Phi) is 4.84. The second-order valence-electron chi connectivity index (χ2n) is 4.81. The largest absolute Gasteiger partial charge is 0.497 e. The maximum atomic E-state index is 10.7. The number of carboxylic acid groups (broad SMARTS) is 1. The number of carbonyl (C=O) groups is 1. The number of ether oxygens (including phenoxy) is 2. The third kappa shape index (κ3) is 3.47. The van der Waals surface area contributed by atoms with Crippen molar-refractivity contribution in [3.63, 3.8) is 0 Å². The molecule has 114 valence electrons. The van der Waals surface area contributed by atoms with Crippen molar-refractivity contribution >= 4 is 11.5 Å². The van der Waals surface area contributed by atoms with E-state index in [1.165, 1.54) is 6.08 Å². The van der Waals surface area contributed by atoms with Crippen LogP contribution >= 0.6 is 0 Å². The van der Waals surface area contributed by atoms with Crippen molar-refractivity contribution in [1.82, 2.24) is 0 Å². The molecule has 0 unspecified atom stereocenters. The normalized spacial score (nSPS) is 11.1. The molecule has 1 N–H and O–H groups in total. The number of allylic oxidation sites excluding steroid dienone is 1. The van der Waals surface area contributed by atoms with E-state index in [-0.39, 0.29) is 0 Å². The molecule has 0 heterocycles. The Labute approximate surface area is 129 Å². The molecule has 0 spiro atoms. The smallest absolute Gasteiger partial charge is 0.328 e. The number of benzene rings is 2. The molecule has 0 fully saturated rings. The van der Waals surface area contributed by atoms with Gasteiger partial charge in [-0.3, -0.25) is 0 Å².